The first-order chi connectivity index (χ1) is 22.1. The molecular formula is C30H34N6O10. The summed E-state index contributed by atoms with van der Waals surface area (Å²) in [6.07, 6.45) is -0.633. The van der Waals surface area contributed by atoms with Crippen molar-refractivity contribution in [1.29, 1.82) is 0 Å². The normalized spacial score (nSPS) is 15.2. The maximum Gasteiger partial charge on any atom is 0.409 e. The third-order valence-corrected chi connectivity index (χ3v) is 7.80. The molecule has 0 aliphatic carbocycles. The zero-order valence-electron chi connectivity index (χ0n) is 25.1. The number of amides is 4. The summed E-state index contributed by atoms with van der Waals surface area (Å²) >= 11 is 0. The lowest BCUT2D eigenvalue weighted by molar-refractivity contribution is -0.138. The molecular weight excluding hydrogens is 604 g/mol. The quantitative estimate of drug-likeness (QED) is 0.286. The van der Waals surface area contributed by atoms with Crippen LogP contribution in [-0.4, -0.2) is 117 Å². The van der Waals surface area contributed by atoms with Gasteiger partial charge in [-0.25, -0.2) is 9.78 Å². The second kappa shape index (κ2) is 14.1. The van der Waals surface area contributed by atoms with Crippen molar-refractivity contribution >= 4 is 40.7 Å². The Morgan fingerprint density at radius 3 is 2.52 bits per heavy atom. The van der Waals surface area contributed by atoms with Crippen LogP contribution in [-0.2, 0) is 32.1 Å². The van der Waals surface area contributed by atoms with Crippen LogP contribution < -0.4 is 10.1 Å². The predicted molar refractivity (Wildman–Crippen MR) is 158 cm³/mol. The molecule has 1 atom stereocenters. The molecule has 0 unspecified atom stereocenters. The fourth-order valence-electron chi connectivity index (χ4n) is 5.33. The Kier molecular flexibility index (Phi) is 9.83. The van der Waals surface area contributed by atoms with Gasteiger partial charge in [-0.1, -0.05) is 12.1 Å². The summed E-state index contributed by atoms with van der Waals surface area (Å²) in [5.41, 5.74) is 0.877. The molecule has 16 nitrogen and oxygen atoms in total. The minimum atomic E-state index is -1.17. The number of nitrogens with zero attached hydrogens (tertiary/aromatic N) is 5. The average molecular weight is 639 g/mol. The molecule has 3 aromatic rings. The molecule has 4 heterocycles. The molecule has 2 aliphatic rings. The molecule has 3 N–H and O–H groups in total. The molecule has 1 saturated heterocycles. The lowest BCUT2D eigenvalue weighted by Crippen LogP contribution is -2.56. The second-order valence-electron chi connectivity index (χ2n) is 10.8. The number of aromatic hydroxyl groups is 1. The molecule has 5 rings (SSSR count). The summed E-state index contributed by atoms with van der Waals surface area (Å²) in [4.78, 5) is 72.2. The summed E-state index contributed by atoms with van der Waals surface area (Å²) in [7, 11) is 0. The lowest BCUT2D eigenvalue weighted by atomic mass is 10.1. The lowest BCUT2D eigenvalue weighted by Gasteiger charge is -2.35. The molecule has 2 aliphatic heterocycles. The first-order valence-electron chi connectivity index (χ1n) is 14.8. The SMILES string of the molecule is CCOC(=O)N1CCN(C(=O)[C@H](CCC(=O)O)NC(=O)c2cc(OCC(=O)N3CCc4c(O)noc4C3)c3ccccc3n2)CC1. The van der Waals surface area contributed by atoms with E-state index in [0.717, 1.165) is 0 Å². The molecule has 0 bridgehead atoms. The standard InChI is InChI=1S/C30H34N6O10/c1-2-44-30(43)35-13-11-34(12-14-35)29(42)21(7-8-26(38)39)32-28(41)22-15-23(18-5-3-4-6-20(18)31-22)45-17-25(37)36-10-9-19-24(16-36)46-33-27(19)40/h3-6,15,21H,2,7-14,16-17H2,1H3,(H,32,41)(H,33,40)(H,38,39)/t21-/m0/s1. The number of carbonyl (C=O) groups is 5. The van der Waals surface area contributed by atoms with E-state index in [0.29, 0.717) is 35.2 Å². The number of aliphatic carboxylic acids is 1. The number of rotatable bonds is 10. The maximum absolute atomic E-state index is 13.5. The first kappa shape index (κ1) is 32.0. The van der Waals surface area contributed by atoms with Gasteiger partial charge in [0.05, 0.1) is 24.2 Å². The van der Waals surface area contributed by atoms with E-state index >= 15 is 0 Å². The van der Waals surface area contributed by atoms with E-state index in [-0.39, 0.29) is 82.0 Å². The number of ether oxygens (including phenoxy) is 2. The van der Waals surface area contributed by atoms with Gasteiger partial charge in [0.1, 0.15) is 17.5 Å². The highest BCUT2D eigenvalue weighted by Gasteiger charge is 2.32. The van der Waals surface area contributed by atoms with Crippen LogP contribution in [0.2, 0.25) is 0 Å². The number of pyridine rings is 1. The number of benzene rings is 1. The number of piperazine rings is 1. The van der Waals surface area contributed by atoms with Crippen LogP contribution >= 0.6 is 0 Å². The Hall–Kier alpha value is -5.41. The van der Waals surface area contributed by atoms with E-state index < -0.39 is 29.9 Å². The van der Waals surface area contributed by atoms with Gasteiger partial charge in [0.2, 0.25) is 5.91 Å². The van der Waals surface area contributed by atoms with Gasteiger partial charge in [-0.05, 0) is 37.1 Å². The number of fused-ring (bicyclic) bond motifs is 2. The Balaban J connectivity index is 1.28. The van der Waals surface area contributed by atoms with Gasteiger partial charge in [-0.15, -0.1) is 0 Å². The van der Waals surface area contributed by atoms with Crippen LogP contribution in [0.5, 0.6) is 11.6 Å². The average Bonchev–Trinajstić information content (AvgIpc) is 3.44. The summed E-state index contributed by atoms with van der Waals surface area (Å²) in [6, 6.07) is 7.06. The number of carboxylic acids is 1. The third-order valence-electron chi connectivity index (χ3n) is 7.80. The van der Waals surface area contributed by atoms with Crippen LogP contribution in [0.4, 0.5) is 4.79 Å². The van der Waals surface area contributed by atoms with Gasteiger partial charge in [0.15, 0.2) is 12.4 Å². The molecule has 16 heteroatoms. The van der Waals surface area contributed by atoms with Gasteiger partial charge in [-0.3, -0.25) is 19.2 Å². The molecule has 2 aromatic heterocycles. The number of carbonyl (C=O) groups excluding carboxylic acids is 4. The van der Waals surface area contributed by atoms with E-state index in [2.05, 4.69) is 15.5 Å². The summed E-state index contributed by atoms with van der Waals surface area (Å²) < 4.78 is 16.0. The van der Waals surface area contributed by atoms with Gasteiger partial charge >= 0.3 is 12.1 Å². The van der Waals surface area contributed by atoms with Gasteiger partial charge in [0, 0.05) is 50.6 Å². The molecule has 244 valence electrons. The minimum absolute atomic E-state index is 0.0962. The van der Waals surface area contributed by atoms with Crippen molar-refractivity contribution in [3.05, 3.63) is 47.3 Å². The summed E-state index contributed by atoms with van der Waals surface area (Å²) in [6.45, 7) is 2.86. The Morgan fingerprint density at radius 1 is 1.04 bits per heavy atom. The van der Waals surface area contributed by atoms with Crippen molar-refractivity contribution in [3.8, 4) is 11.6 Å². The topological polar surface area (TPSA) is 205 Å². The zero-order valence-corrected chi connectivity index (χ0v) is 25.1. The van der Waals surface area contributed by atoms with Crippen LogP contribution in [0, 0.1) is 0 Å². The fourth-order valence-corrected chi connectivity index (χ4v) is 5.33. The minimum Gasteiger partial charge on any atom is -0.491 e. The number of nitrogens with one attached hydrogen (secondary N) is 1. The molecule has 0 radical (unpaired) electrons. The number of hydrogen-bond acceptors (Lipinski definition) is 11. The van der Waals surface area contributed by atoms with E-state index in [1.165, 1.54) is 20.8 Å². The van der Waals surface area contributed by atoms with Crippen molar-refractivity contribution in [2.45, 2.75) is 38.8 Å². The van der Waals surface area contributed by atoms with Crippen molar-refractivity contribution in [1.82, 2.24) is 30.2 Å². The van der Waals surface area contributed by atoms with Crippen LogP contribution in [0.1, 0.15) is 41.6 Å². The molecule has 4 amide bonds. The zero-order chi connectivity index (χ0) is 32.8. The number of hydrogen-bond donors (Lipinski definition) is 3. The Labute approximate surface area is 262 Å². The van der Waals surface area contributed by atoms with E-state index in [9.17, 15) is 34.2 Å². The summed E-state index contributed by atoms with van der Waals surface area (Å²) in [5.74, 6) is -2.27. The highest BCUT2D eigenvalue weighted by atomic mass is 16.6. The summed E-state index contributed by atoms with van der Waals surface area (Å²) in [5, 5.41) is 25.8. The number of aromatic nitrogens is 2. The van der Waals surface area contributed by atoms with Crippen molar-refractivity contribution in [2.24, 2.45) is 0 Å². The van der Waals surface area contributed by atoms with Crippen LogP contribution in [0.15, 0.2) is 34.9 Å². The first-order valence-corrected chi connectivity index (χ1v) is 14.8. The molecule has 1 aromatic carbocycles. The van der Waals surface area contributed by atoms with Gasteiger partial charge in [0.25, 0.3) is 17.7 Å². The third kappa shape index (κ3) is 7.27. The predicted octanol–water partition coefficient (Wildman–Crippen LogP) is 1.16. The largest absolute Gasteiger partial charge is 0.491 e. The Bertz CT molecular complexity index is 1630. The molecule has 46 heavy (non-hydrogen) atoms. The fraction of sp³-hybridized carbons (Fsp3) is 0.433. The number of para-hydroxylation sites is 1. The van der Waals surface area contributed by atoms with Gasteiger partial charge in [-0.2, -0.15) is 0 Å². The molecule has 1 fully saturated rings. The second-order valence-corrected chi connectivity index (χ2v) is 10.8. The smallest absolute Gasteiger partial charge is 0.409 e. The van der Waals surface area contributed by atoms with Crippen molar-refractivity contribution < 1.29 is 48.2 Å². The van der Waals surface area contributed by atoms with Crippen molar-refractivity contribution in [3.63, 3.8) is 0 Å². The monoisotopic (exact) mass is 638 g/mol. The number of carboxylic acid groups (broad SMARTS) is 1. The highest BCUT2D eigenvalue weighted by molar-refractivity contribution is 5.99. The molecule has 0 spiro atoms. The van der Waals surface area contributed by atoms with Crippen LogP contribution in [0.25, 0.3) is 10.9 Å². The molecule has 0 saturated carbocycles. The van der Waals surface area contributed by atoms with Crippen molar-refractivity contribution in [2.75, 3.05) is 45.9 Å². The van der Waals surface area contributed by atoms with Crippen LogP contribution in [0.3, 0.4) is 0 Å². The Morgan fingerprint density at radius 2 is 1.78 bits per heavy atom. The highest BCUT2D eigenvalue weighted by Crippen LogP contribution is 2.28. The van der Waals surface area contributed by atoms with E-state index in [1.807, 2.05) is 0 Å². The van der Waals surface area contributed by atoms with Gasteiger partial charge < -0.3 is 44.2 Å². The van der Waals surface area contributed by atoms with E-state index in [1.54, 1.807) is 31.2 Å². The van der Waals surface area contributed by atoms with E-state index in [4.69, 9.17) is 14.0 Å². The maximum atomic E-state index is 13.5.